The maximum atomic E-state index is 12.2. The SMILES string of the molecule is COc1cc(/C=C/C(=O)c2ccc(OCC(=O)O)cc2)cc(Br)c1O. The molecule has 0 aliphatic rings. The summed E-state index contributed by atoms with van der Waals surface area (Å²) in [5.41, 5.74) is 1.11. The summed E-state index contributed by atoms with van der Waals surface area (Å²) in [5.74, 6) is -0.647. The fourth-order valence-electron chi connectivity index (χ4n) is 1.97. The van der Waals surface area contributed by atoms with Crippen LogP contribution in [0.25, 0.3) is 6.08 Å². The predicted molar refractivity (Wildman–Crippen MR) is 95.3 cm³/mol. The highest BCUT2D eigenvalue weighted by molar-refractivity contribution is 9.10. The first-order chi connectivity index (χ1) is 11.9. The Hall–Kier alpha value is -2.80. The number of halogens is 1. The maximum Gasteiger partial charge on any atom is 0.341 e. The first kappa shape index (κ1) is 18.5. The molecule has 0 saturated carbocycles. The van der Waals surface area contributed by atoms with E-state index >= 15 is 0 Å². The molecule has 0 aromatic heterocycles. The zero-order valence-electron chi connectivity index (χ0n) is 13.2. The minimum atomic E-state index is -1.07. The third-order valence-corrected chi connectivity index (χ3v) is 3.80. The maximum absolute atomic E-state index is 12.2. The molecule has 2 aromatic carbocycles. The molecule has 25 heavy (non-hydrogen) atoms. The Morgan fingerprint density at radius 2 is 1.88 bits per heavy atom. The van der Waals surface area contributed by atoms with Crippen molar-refractivity contribution in [3.05, 3.63) is 58.1 Å². The van der Waals surface area contributed by atoms with E-state index in [1.807, 2.05) is 0 Å². The first-order valence-electron chi connectivity index (χ1n) is 7.14. The van der Waals surface area contributed by atoms with Gasteiger partial charge in [-0.15, -0.1) is 0 Å². The number of phenolic OH excluding ortho intramolecular Hbond substituents is 1. The summed E-state index contributed by atoms with van der Waals surface area (Å²) < 4.78 is 10.5. The molecule has 0 amide bonds. The van der Waals surface area contributed by atoms with Gasteiger partial charge >= 0.3 is 5.97 Å². The lowest BCUT2D eigenvalue weighted by molar-refractivity contribution is -0.139. The number of methoxy groups -OCH3 is 1. The van der Waals surface area contributed by atoms with E-state index < -0.39 is 12.6 Å². The second-order valence-corrected chi connectivity index (χ2v) is 5.81. The topological polar surface area (TPSA) is 93.1 Å². The van der Waals surface area contributed by atoms with E-state index in [4.69, 9.17) is 14.6 Å². The Morgan fingerprint density at radius 1 is 1.20 bits per heavy atom. The summed E-state index contributed by atoms with van der Waals surface area (Å²) in [6, 6.07) is 9.43. The lowest BCUT2D eigenvalue weighted by atomic mass is 10.1. The van der Waals surface area contributed by atoms with Gasteiger partial charge in [-0.25, -0.2) is 4.79 Å². The second-order valence-electron chi connectivity index (χ2n) is 4.96. The molecule has 0 fully saturated rings. The third-order valence-electron chi connectivity index (χ3n) is 3.20. The van der Waals surface area contributed by atoms with Crippen molar-refractivity contribution in [2.24, 2.45) is 0 Å². The molecule has 0 atom stereocenters. The number of ketones is 1. The van der Waals surface area contributed by atoms with Gasteiger partial charge in [0.2, 0.25) is 0 Å². The molecule has 6 nitrogen and oxygen atoms in total. The smallest absolute Gasteiger partial charge is 0.341 e. The molecule has 0 radical (unpaired) electrons. The van der Waals surface area contributed by atoms with Crippen molar-refractivity contribution in [2.75, 3.05) is 13.7 Å². The van der Waals surface area contributed by atoms with Crippen molar-refractivity contribution in [3.63, 3.8) is 0 Å². The summed E-state index contributed by atoms with van der Waals surface area (Å²) in [7, 11) is 1.44. The van der Waals surface area contributed by atoms with Crippen molar-refractivity contribution in [1.29, 1.82) is 0 Å². The second kappa shape index (κ2) is 8.34. The number of hydrogen-bond acceptors (Lipinski definition) is 5. The fraction of sp³-hybridized carbons (Fsp3) is 0.111. The van der Waals surface area contributed by atoms with Crippen LogP contribution in [0.15, 0.2) is 46.9 Å². The highest BCUT2D eigenvalue weighted by atomic mass is 79.9. The van der Waals surface area contributed by atoms with Crippen molar-refractivity contribution in [3.8, 4) is 17.2 Å². The minimum Gasteiger partial charge on any atom is -0.503 e. The van der Waals surface area contributed by atoms with Crippen molar-refractivity contribution < 1.29 is 29.3 Å². The average Bonchev–Trinajstić information content (AvgIpc) is 2.60. The molecular formula is C18H15BrO6. The van der Waals surface area contributed by atoms with E-state index in [0.717, 1.165) is 0 Å². The number of aliphatic carboxylic acids is 1. The molecule has 0 aliphatic carbocycles. The van der Waals surface area contributed by atoms with Gasteiger partial charge in [-0.3, -0.25) is 4.79 Å². The monoisotopic (exact) mass is 406 g/mol. The normalized spacial score (nSPS) is 10.6. The van der Waals surface area contributed by atoms with Crippen LogP contribution in [0.3, 0.4) is 0 Å². The van der Waals surface area contributed by atoms with Gasteiger partial charge in [-0.1, -0.05) is 6.08 Å². The van der Waals surface area contributed by atoms with Crippen LogP contribution in [0.5, 0.6) is 17.2 Å². The number of ether oxygens (including phenoxy) is 2. The van der Waals surface area contributed by atoms with Gasteiger partial charge in [0.1, 0.15) is 5.75 Å². The quantitative estimate of drug-likeness (QED) is 0.539. The molecule has 2 N–H and O–H groups in total. The van der Waals surface area contributed by atoms with Crippen molar-refractivity contribution in [2.45, 2.75) is 0 Å². The summed E-state index contributed by atoms with van der Waals surface area (Å²) in [6.45, 7) is -0.440. The van der Waals surface area contributed by atoms with Crippen LogP contribution in [0, 0.1) is 0 Å². The predicted octanol–water partition coefficient (Wildman–Crippen LogP) is 3.52. The number of benzene rings is 2. The number of carboxylic acids is 1. The largest absolute Gasteiger partial charge is 0.503 e. The summed E-state index contributed by atoms with van der Waals surface area (Å²) in [4.78, 5) is 22.6. The lowest BCUT2D eigenvalue weighted by Crippen LogP contribution is -2.09. The van der Waals surface area contributed by atoms with E-state index in [1.165, 1.54) is 25.3 Å². The molecule has 0 bridgehead atoms. The molecule has 2 rings (SSSR count). The van der Waals surface area contributed by atoms with E-state index in [9.17, 15) is 14.7 Å². The number of carboxylic acid groups (broad SMARTS) is 1. The highest BCUT2D eigenvalue weighted by Gasteiger charge is 2.08. The fourth-order valence-corrected chi connectivity index (χ4v) is 2.43. The van der Waals surface area contributed by atoms with Gasteiger partial charge in [0.25, 0.3) is 0 Å². The van der Waals surface area contributed by atoms with E-state index in [-0.39, 0.29) is 11.5 Å². The molecule has 0 aliphatic heterocycles. The number of rotatable bonds is 7. The zero-order chi connectivity index (χ0) is 18.4. The number of hydrogen-bond donors (Lipinski definition) is 2. The molecule has 0 unspecified atom stereocenters. The summed E-state index contributed by atoms with van der Waals surface area (Å²) >= 11 is 3.22. The van der Waals surface area contributed by atoms with Crippen LogP contribution < -0.4 is 9.47 Å². The van der Waals surface area contributed by atoms with Gasteiger partial charge in [-0.2, -0.15) is 0 Å². The summed E-state index contributed by atoms with van der Waals surface area (Å²) in [5, 5.41) is 18.3. The van der Waals surface area contributed by atoms with Crippen LogP contribution in [-0.4, -0.2) is 35.7 Å². The zero-order valence-corrected chi connectivity index (χ0v) is 14.8. The van der Waals surface area contributed by atoms with E-state index in [0.29, 0.717) is 27.1 Å². The van der Waals surface area contributed by atoms with Crippen LogP contribution in [0.4, 0.5) is 0 Å². The number of allylic oxidation sites excluding steroid dienone is 1. The minimum absolute atomic E-state index is 0.0112. The molecule has 2 aromatic rings. The number of aromatic hydroxyl groups is 1. The van der Waals surface area contributed by atoms with E-state index in [1.54, 1.807) is 30.3 Å². The number of carbonyl (C=O) groups is 2. The van der Waals surface area contributed by atoms with Crippen LogP contribution in [0.1, 0.15) is 15.9 Å². The Labute approximate surface area is 152 Å². The van der Waals surface area contributed by atoms with Gasteiger partial charge in [0.05, 0.1) is 11.6 Å². The van der Waals surface area contributed by atoms with Gasteiger partial charge in [-0.05, 0) is 64.0 Å². The van der Waals surface area contributed by atoms with Crippen molar-refractivity contribution >= 4 is 33.8 Å². The van der Waals surface area contributed by atoms with Gasteiger partial charge < -0.3 is 19.7 Å². The number of phenols is 1. The van der Waals surface area contributed by atoms with E-state index in [2.05, 4.69) is 15.9 Å². The molecule has 130 valence electrons. The Balaban J connectivity index is 2.10. The first-order valence-corrected chi connectivity index (χ1v) is 7.93. The lowest BCUT2D eigenvalue weighted by Gasteiger charge is -2.06. The number of carbonyl (C=O) groups excluding carboxylic acids is 1. The molecule has 7 heteroatoms. The van der Waals surface area contributed by atoms with Crippen LogP contribution in [0.2, 0.25) is 0 Å². The Kier molecular flexibility index (Phi) is 6.19. The molecule has 0 heterocycles. The Morgan fingerprint density at radius 3 is 2.48 bits per heavy atom. The van der Waals surface area contributed by atoms with Gasteiger partial charge in [0, 0.05) is 5.56 Å². The standard InChI is InChI=1S/C18H15BrO6/c1-24-16-9-11(8-14(19)18(16)23)2-7-15(20)12-3-5-13(6-4-12)25-10-17(21)22/h2-9,23H,10H2,1H3,(H,21,22)/b7-2+. The van der Waals surface area contributed by atoms with Gasteiger partial charge in [0.15, 0.2) is 23.9 Å². The van der Waals surface area contributed by atoms with Crippen LogP contribution in [-0.2, 0) is 4.79 Å². The third kappa shape index (κ3) is 5.09. The molecular weight excluding hydrogens is 392 g/mol. The highest BCUT2D eigenvalue weighted by Crippen LogP contribution is 2.35. The average molecular weight is 407 g/mol. The summed E-state index contributed by atoms with van der Waals surface area (Å²) in [6.07, 6.45) is 3.00. The van der Waals surface area contributed by atoms with Crippen LogP contribution >= 0.6 is 15.9 Å². The molecule has 0 saturated heterocycles. The van der Waals surface area contributed by atoms with Crippen molar-refractivity contribution in [1.82, 2.24) is 0 Å². The molecule has 0 spiro atoms. The Bertz CT molecular complexity index is 811.